The predicted molar refractivity (Wildman–Crippen MR) is 237 cm³/mol. The predicted octanol–water partition coefficient (Wildman–Crippen LogP) is 6.49. The first-order valence-electron chi connectivity index (χ1n) is 18.3. The third-order valence-corrected chi connectivity index (χ3v) is 10.1. The molecule has 0 N–H and O–H groups in total. The van der Waals surface area contributed by atoms with E-state index >= 15 is 0 Å². The number of pyridine rings is 2. The van der Waals surface area contributed by atoms with E-state index in [4.69, 9.17) is 0 Å². The molecule has 0 saturated heterocycles. The third-order valence-electron chi connectivity index (χ3n) is 8.44. The van der Waals surface area contributed by atoms with Crippen LogP contribution < -0.4 is 18.9 Å². The van der Waals surface area contributed by atoms with Crippen LogP contribution >= 0.6 is 0 Å². The summed E-state index contributed by atoms with van der Waals surface area (Å²) < 4.78 is 66.4. The molecule has 0 unspecified atom stereocenters. The van der Waals surface area contributed by atoms with Crippen LogP contribution in [0.4, 0.5) is 22.7 Å². The highest BCUT2D eigenvalue weighted by atomic mass is 32.2. The molecule has 2 heterocycles. The van der Waals surface area contributed by atoms with Gasteiger partial charge in [0, 0.05) is 88.1 Å². The summed E-state index contributed by atoms with van der Waals surface area (Å²) in [5.41, 5.74) is 6.79. The fourth-order valence-electron chi connectivity index (χ4n) is 4.87. The second-order valence-corrected chi connectivity index (χ2v) is 16.4. The highest BCUT2D eigenvalue weighted by Gasteiger charge is 2.08. The maximum atomic E-state index is 10.4. The largest absolute Gasteiger partial charge is 0.744 e. The SMILES string of the molecule is CN(C)c1ccc(/C=C/c2cc[n+](C)cc2)cc1.CN(C)c1ccc(/C=C/c2cc[n+](C)cc2)cc1.O=[N+]([O-])c1ccc(S(=O)(=O)[O-])cc1.O=[N+]([O-])c1ccc(S(=O)(=O)[O-])cc1. The Labute approximate surface area is 361 Å². The Kier molecular flexibility index (Phi) is 18.3. The summed E-state index contributed by atoms with van der Waals surface area (Å²) in [6.07, 6.45) is 16.7. The lowest BCUT2D eigenvalue weighted by molar-refractivity contribution is -0.671. The van der Waals surface area contributed by atoms with E-state index in [1.54, 1.807) is 0 Å². The summed E-state index contributed by atoms with van der Waals surface area (Å²) in [5.74, 6) is 0. The summed E-state index contributed by atoms with van der Waals surface area (Å²) in [6.45, 7) is 0. The molecule has 4 aromatic carbocycles. The monoisotopic (exact) mass is 882 g/mol. The Morgan fingerprint density at radius 2 is 0.677 bits per heavy atom. The zero-order chi connectivity index (χ0) is 46.0. The Hall–Kier alpha value is -7.12. The van der Waals surface area contributed by atoms with Gasteiger partial charge in [-0.2, -0.15) is 0 Å². The number of aryl methyl sites for hydroxylation is 2. The van der Waals surface area contributed by atoms with Crippen LogP contribution in [0, 0.1) is 20.2 Å². The average molecular weight is 883 g/mol. The summed E-state index contributed by atoms with van der Waals surface area (Å²) in [7, 11) is 3.21. The van der Waals surface area contributed by atoms with Gasteiger partial charge in [-0.15, -0.1) is 0 Å². The van der Waals surface area contributed by atoms with E-state index in [1.807, 2.05) is 23.2 Å². The van der Waals surface area contributed by atoms with Crippen molar-refractivity contribution in [2.75, 3.05) is 38.0 Å². The molecule has 0 aliphatic heterocycles. The average Bonchev–Trinajstić information content (AvgIpc) is 3.23. The van der Waals surface area contributed by atoms with Crippen LogP contribution in [0.1, 0.15) is 22.3 Å². The number of hydrogen-bond acceptors (Lipinski definition) is 12. The van der Waals surface area contributed by atoms with Crippen molar-refractivity contribution >= 4 is 67.3 Å². The molecule has 16 nitrogen and oxygen atoms in total. The summed E-state index contributed by atoms with van der Waals surface area (Å²) in [5, 5.41) is 20.3. The zero-order valence-electron chi connectivity index (χ0n) is 34.7. The van der Waals surface area contributed by atoms with Crippen LogP contribution in [-0.2, 0) is 34.3 Å². The minimum absolute atomic E-state index is 0.257. The van der Waals surface area contributed by atoms with Crippen LogP contribution in [0.2, 0.25) is 0 Å². The van der Waals surface area contributed by atoms with Gasteiger partial charge >= 0.3 is 0 Å². The molecule has 62 heavy (non-hydrogen) atoms. The van der Waals surface area contributed by atoms with Gasteiger partial charge in [0.05, 0.1) is 19.6 Å². The summed E-state index contributed by atoms with van der Waals surface area (Å²) >= 11 is 0. The normalized spacial score (nSPS) is 11.0. The van der Waals surface area contributed by atoms with E-state index in [-0.39, 0.29) is 11.4 Å². The first-order chi connectivity index (χ1) is 29.1. The van der Waals surface area contributed by atoms with Gasteiger partial charge in [0.2, 0.25) is 0 Å². The lowest BCUT2D eigenvalue weighted by Gasteiger charge is -2.11. The molecule has 0 aliphatic rings. The van der Waals surface area contributed by atoms with Crippen molar-refractivity contribution in [1.29, 1.82) is 0 Å². The van der Waals surface area contributed by atoms with E-state index in [0.29, 0.717) is 0 Å². The second kappa shape index (κ2) is 23.0. The lowest BCUT2D eigenvalue weighted by atomic mass is 10.1. The smallest absolute Gasteiger partial charge is 0.269 e. The van der Waals surface area contributed by atoms with Gasteiger partial charge < -0.3 is 18.9 Å². The molecule has 0 radical (unpaired) electrons. The van der Waals surface area contributed by atoms with Gasteiger partial charge in [0.15, 0.2) is 24.8 Å². The van der Waals surface area contributed by atoms with E-state index < -0.39 is 39.9 Å². The fraction of sp³-hybridized carbons (Fsp3) is 0.136. The molecule has 0 fully saturated rings. The van der Waals surface area contributed by atoms with Crippen LogP contribution in [0.3, 0.4) is 0 Å². The Bertz CT molecular complexity index is 2470. The first kappa shape index (κ1) is 49.2. The van der Waals surface area contributed by atoms with E-state index in [0.717, 1.165) is 48.5 Å². The molecule has 0 saturated carbocycles. The quantitative estimate of drug-likeness (QED) is 0.0625. The van der Waals surface area contributed by atoms with Gasteiger partial charge in [-0.05, 0) is 70.8 Å². The van der Waals surface area contributed by atoms with Gasteiger partial charge in [-0.3, -0.25) is 20.2 Å². The molecule has 0 spiro atoms. The maximum Gasteiger partial charge on any atom is 0.269 e. The minimum atomic E-state index is -4.52. The number of rotatable bonds is 10. The van der Waals surface area contributed by atoms with Gasteiger partial charge in [0.1, 0.15) is 34.3 Å². The number of aromatic nitrogens is 2. The maximum absolute atomic E-state index is 10.4. The van der Waals surface area contributed by atoms with Crippen LogP contribution in [0.5, 0.6) is 0 Å². The van der Waals surface area contributed by atoms with Crippen LogP contribution in [0.25, 0.3) is 24.3 Å². The van der Waals surface area contributed by atoms with Crippen molar-refractivity contribution in [2.24, 2.45) is 14.1 Å². The van der Waals surface area contributed by atoms with Gasteiger partial charge in [-0.1, -0.05) is 48.6 Å². The molecule has 2 aromatic heterocycles. The number of non-ortho nitro benzene ring substituents is 2. The van der Waals surface area contributed by atoms with Gasteiger partial charge in [-0.25, -0.2) is 26.0 Å². The molecule has 0 aliphatic carbocycles. The highest BCUT2D eigenvalue weighted by Crippen LogP contribution is 2.18. The zero-order valence-corrected chi connectivity index (χ0v) is 36.4. The van der Waals surface area contributed by atoms with E-state index in [1.165, 1.54) is 33.6 Å². The van der Waals surface area contributed by atoms with Crippen molar-refractivity contribution in [3.63, 3.8) is 0 Å². The number of hydrogen-bond donors (Lipinski definition) is 0. The minimum Gasteiger partial charge on any atom is -0.744 e. The number of nitro groups is 2. The van der Waals surface area contributed by atoms with Crippen LogP contribution in [-0.4, -0.2) is 64.0 Å². The van der Waals surface area contributed by atoms with Crippen molar-refractivity contribution in [2.45, 2.75) is 9.79 Å². The van der Waals surface area contributed by atoms with Crippen molar-refractivity contribution < 1.29 is 44.9 Å². The lowest BCUT2D eigenvalue weighted by Crippen LogP contribution is -2.25. The molecule has 0 bridgehead atoms. The Morgan fingerprint density at radius 1 is 0.435 bits per heavy atom. The highest BCUT2D eigenvalue weighted by molar-refractivity contribution is 7.86. The first-order valence-corrected chi connectivity index (χ1v) is 21.2. The van der Waals surface area contributed by atoms with E-state index in [2.05, 4.69) is 160 Å². The third kappa shape index (κ3) is 17.2. The molecule has 6 rings (SSSR count). The topological polar surface area (TPSA) is 215 Å². The Morgan fingerprint density at radius 3 is 0.887 bits per heavy atom. The molecule has 324 valence electrons. The van der Waals surface area contributed by atoms with Crippen molar-refractivity contribution in [3.05, 3.63) is 189 Å². The molecular formula is C44H46N6O10S2. The van der Waals surface area contributed by atoms with Crippen molar-refractivity contribution in [3.8, 4) is 0 Å². The molecule has 0 atom stereocenters. The number of benzene rings is 4. The molecule has 18 heteroatoms. The Balaban J connectivity index is 0.000000223. The molecular weight excluding hydrogens is 837 g/mol. The standard InChI is InChI=1S/2C16H19N2.2C6H5NO5S/c2*1-17(2)16-8-6-14(7-9-16)4-5-15-10-12-18(3)13-11-15;2*8-7(9)5-1-3-6(4-2-5)13(10,11)12/h2*4-13H,1-3H3;2*1-4H,(H,10,11,12)/q2*+1;;/p-2. The number of nitro benzene ring substituents is 2. The van der Waals surface area contributed by atoms with Crippen LogP contribution in [0.15, 0.2) is 156 Å². The second-order valence-electron chi connectivity index (χ2n) is 13.6. The van der Waals surface area contributed by atoms with Gasteiger partial charge in [0.25, 0.3) is 11.4 Å². The number of anilines is 2. The fourth-order valence-corrected chi connectivity index (χ4v) is 5.81. The summed E-state index contributed by atoms with van der Waals surface area (Å²) in [4.78, 5) is 22.2. The summed E-state index contributed by atoms with van der Waals surface area (Å²) in [6, 6.07) is 32.9. The van der Waals surface area contributed by atoms with Crippen molar-refractivity contribution in [1.82, 2.24) is 0 Å². The van der Waals surface area contributed by atoms with E-state index in [9.17, 15) is 46.2 Å². The molecule has 6 aromatic rings. The number of nitrogens with zero attached hydrogens (tertiary/aromatic N) is 6. The molecule has 0 amide bonds.